The molecule has 0 bridgehead atoms. The van der Waals surface area contributed by atoms with Crippen molar-refractivity contribution < 1.29 is 32.9 Å². The van der Waals surface area contributed by atoms with Crippen LogP contribution in [0.15, 0.2) is 0 Å². The zero-order valence-corrected chi connectivity index (χ0v) is 31.9. The predicted molar refractivity (Wildman–Crippen MR) is 192 cm³/mol. The van der Waals surface area contributed by atoms with Gasteiger partial charge in [-0.2, -0.15) is 0 Å². The molecule has 2 N–H and O–H groups in total. The van der Waals surface area contributed by atoms with Gasteiger partial charge in [-0.05, 0) is 12.8 Å². The summed E-state index contributed by atoms with van der Waals surface area (Å²) in [4.78, 5) is 25.1. The highest BCUT2D eigenvalue weighted by Gasteiger charge is 2.24. The molecule has 0 heterocycles. The Morgan fingerprint density at radius 3 is 1.48 bits per heavy atom. The van der Waals surface area contributed by atoms with E-state index >= 15 is 0 Å². The van der Waals surface area contributed by atoms with Gasteiger partial charge in [0.15, 0.2) is 0 Å². The number of amides is 1. The zero-order valence-electron chi connectivity index (χ0n) is 31.0. The van der Waals surface area contributed by atoms with Crippen molar-refractivity contribution in [1.82, 2.24) is 5.32 Å². The van der Waals surface area contributed by atoms with Gasteiger partial charge in [0, 0.05) is 6.42 Å². The van der Waals surface area contributed by atoms with Crippen LogP contribution >= 0.6 is 7.82 Å². The van der Waals surface area contributed by atoms with Gasteiger partial charge in [-0.15, -0.1) is 0 Å². The fourth-order valence-electron chi connectivity index (χ4n) is 5.69. The van der Waals surface area contributed by atoms with Crippen molar-refractivity contribution in [1.29, 1.82) is 0 Å². The van der Waals surface area contributed by atoms with Gasteiger partial charge >= 0.3 is 0 Å². The maximum absolute atomic E-state index is 12.8. The van der Waals surface area contributed by atoms with Crippen LogP contribution in [0.3, 0.4) is 0 Å². The van der Waals surface area contributed by atoms with E-state index in [0.717, 1.165) is 38.5 Å². The highest BCUT2D eigenvalue weighted by Crippen LogP contribution is 2.38. The van der Waals surface area contributed by atoms with E-state index in [1.807, 2.05) is 21.1 Å². The number of likely N-dealkylation sites (N-methyl/N-ethyl adjacent to an activating group) is 1. The monoisotopic (exact) mass is 677 g/mol. The molecule has 8 nitrogen and oxygen atoms in total. The molecule has 0 rings (SSSR count). The molecule has 0 aliphatic heterocycles. The van der Waals surface area contributed by atoms with Gasteiger partial charge in [0.1, 0.15) is 13.2 Å². The second-order valence-electron chi connectivity index (χ2n) is 14.6. The minimum absolute atomic E-state index is 0.0152. The first-order valence-electron chi connectivity index (χ1n) is 19.4. The first kappa shape index (κ1) is 45.5. The van der Waals surface area contributed by atoms with E-state index < -0.39 is 20.0 Å². The van der Waals surface area contributed by atoms with Crippen LogP contribution in [0.25, 0.3) is 0 Å². The molecule has 0 aromatic heterocycles. The number of phosphoric ester groups is 1. The molecule has 0 saturated carbocycles. The molecule has 0 radical (unpaired) electrons. The van der Waals surface area contributed by atoms with Gasteiger partial charge in [0.2, 0.25) is 5.91 Å². The van der Waals surface area contributed by atoms with Gasteiger partial charge in [-0.1, -0.05) is 162 Å². The maximum Gasteiger partial charge on any atom is 0.268 e. The number of aliphatic hydroxyl groups is 1. The summed E-state index contributed by atoms with van der Waals surface area (Å²) in [7, 11) is 1.31. The quantitative estimate of drug-likeness (QED) is 0.0394. The lowest BCUT2D eigenvalue weighted by atomic mass is 10.0. The summed E-state index contributed by atoms with van der Waals surface area (Å²) < 4.78 is 23.1. The highest BCUT2D eigenvalue weighted by atomic mass is 31.2. The summed E-state index contributed by atoms with van der Waals surface area (Å²) >= 11 is 0. The predicted octanol–water partition coefficient (Wildman–Crippen LogP) is 9.22. The number of unbranched alkanes of at least 4 members (excludes halogenated alkanes) is 22. The molecule has 3 atom stereocenters. The Morgan fingerprint density at radius 1 is 0.674 bits per heavy atom. The fraction of sp³-hybridized carbons (Fsp3) is 0.973. The smallest absolute Gasteiger partial charge is 0.268 e. The van der Waals surface area contributed by atoms with Crippen LogP contribution in [0, 0.1) is 0 Å². The summed E-state index contributed by atoms with van der Waals surface area (Å²) in [6, 6.07) is -0.789. The lowest BCUT2D eigenvalue weighted by molar-refractivity contribution is -0.870. The second-order valence-corrected chi connectivity index (χ2v) is 16.1. The second kappa shape index (κ2) is 30.6. The summed E-state index contributed by atoms with van der Waals surface area (Å²) in [6.07, 6.45) is 29.6. The van der Waals surface area contributed by atoms with Gasteiger partial charge in [-0.25, -0.2) is 0 Å². The molecule has 1 amide bonds. The molecule has 0 saturated heterocycles. The first-order valence-corrected chi connectivity index (χ1v) is 20.8. The summed E-state index contributed by atoms with van der Waals surface area (Å²) in [5.41, 5.74) is 0. The van der Waals surface area contributed by atoms with Crippen LogP contribution in [-0.2, 0) is 18.4 Å². The number of quaternary nitrogens is 1. The van der Waals surface area contributed by atoms with Gasteiger partial charge in [0.05, 0.1) is 39.9 Å². The van der Waals surface area contributed by atoms with Crippen molar-refractivity contribution in [3.05, 3.63) is 0 Å². The topological polar surface area (TPSA) is 108 Å². The number of aliphatic hydroxyl groups excluding tert-OH is 1. The first-order chi connectivity index (χ1) is 22.0. The molecular formula is C37H77N2O6P. The van der Waals surface area contributed by atoms with Crippen LogP contribution < -0.4 is 10.2 Å². The third-order valence-electron chi connectivity index (χ3n) is 8.85. The normalized spacial score (nSPS) is 14.7. The molecule has 0 fully saturated rings. The Labute approximate surface area is 285 Å². The number of hydrogen-bond donors (Lipinski definition) is 2. The SMILES string of the molecule is CCCCCCCCCCCCCCCCCCC(=O)NC(COP(=O)([O-])OCC[N+](C)(C)C)C(O)CCCCCCCCCC. The average molecular weight is 677 g/mol. The van der Waals surface area contributed by atoms with E-state index in [9.17, 15) is 19.4 Å². The van der Waals surface area contributed by atoms with E-state index in [2.05, 4.69) is 19.2 Å². The Morgan fingerprint density at radius 2 is 1.07 bits per heavy atom. The van der Waals surface area contributed by atoms with Crippen LogP contribution in [0.2, 0.25) is 0 Å². The molecule has 0 aromatic rings. The molecule has 46 heavy (non-hydrogen) atoms. The molecule has 0 spiro atoms. The van der Waals surface area contributed by atoms with Crippen molar-refractivity contribution in [2.75, 3.05) is 40.9 Å². The van der Waals surface area contributed by atoms with E-state index in [1.54, 1.807) is 0 Å². The molecule has 3 unspecified atom stereocenters. The standard InChI is InChI=1S/C37H77N2O6P/c1-6-8-10-12-14-16-17-18-19-20-21-22-23-25-27-29-31-37(41)38-35(34-45-46(42,43)44-33-32-39(3,4)5)36(40)30-28-26-24-15-13-11-9-7-2/h35-36,40H,6-34H2,1-5H3,(H-,38,41,42,43). The number of nitrogens with one attached hydrogen (secondary N) is 1. The summed E-state index contributed by atoms with van der Waals surface area (Å²) in [5.74, 6) is -0.166. The average Bonchev–Trinajstić information content (AvgIpc) is 2.99. The van der Waals surface area contributed by atoms with E-state index in [-0.39, 0.29) is 19.1 Å². The van der Waals surface area contributed by atoms with Gasteiger partial charge < -0.3 is 28.8 Å². The lowest BCUT2D eigenvalue weighted by Crippen LogP contribution is -2.46. The number of hydrogen-bond acceptors (Lipinski definition) is 6. The van der Waals surface area contributed by atoms with Crippen molar-refractivity contribution in [3.63, 3.8) is 0 Å². The van der Waals surface area contributed by atoms with E-state index in [0.29, 0.717) is 23.9 Å². The Bertz CT molecular complexity index is 733. The van der Waals surface area contributed by atoms with Gasteiger partial charge in [0.25, 0.3) is 7.82 Å². The van der Waals surface area contributed by atoms with Crippen molar-refractivity contribution >= 4 is 13.7 Å². The number of carbonyl (C=O) groups excluding carboxylic acids is 1. The maximum atomic E-state index is 12.8. The van der Waals surface area contributed by atoms with Crippen LogP contribution in [-0.4, -0.2) is 68.5 Å². The van der Waals surface area contributed by atoms with Crippen LogP contribution in [0.5, 0.6) is 0 Å². The Hall–Kier alpha value is -0.500. The zero-order chi connectivity index (χ0) is 34.4. The van der Waals surface area contributed by atoms with Crippen molar-refractivity contribution in [3.8, 4) is 0 Å². The van der Waals surface area contributed by atoms with Crippen LogP contribution in [0.4, 0.5) is 0 Å². The number of nitrogens with zero attached hydrogens (tertiary/aromatic N) is 1. The van der Waals surface area contributed by atoms with Crippen molar-refractivity contribution in [2.45, 2.75) is 193 Å². The number of rotatable bonds is 35. The van der Waals surface area contributed by atoms with E-state index in [1.165, 1.54) is 116 Å². The van der Waals surface area contributed by atoms with Crippen LogP contribution in [0.1, 0.15) is 181 Å². The molecular weight excluding hydrogens is 599 g/mol. The lowest BCUT2D eigenvalue weighted by Gasteiger charge is -2.30. The third-order valence-corrected chi connectivity index (χ3v) is 9.81. The molecule has 0 aliphatic rings. The molecule has 0 aromatic carbocycles. The fourth-order valence-corrected chi connectivity index (χ4v) is 6.41. The third kappa shape index (κ3) is 32.1. The Balaban J connectivity index is 4.32. The minimum Gasteiger partial charge on any atom is -0.756 e. The highest BCUT2D eigenvalue weighted by molar-refractivity contribution is 7.45. The van der Waals surface area contributed by atoms with E-state index in [4.69, 9.17) is 9.05 Å². The molecule has 0 aliphatic carbocycles. The number of carbonyl (C=O) groups is 1. The minimum atomic E-state index is -4.54. The molecule has 9 heteroatoms. The molecule has 276 valence electrons. The summed E-state index contributed by atoms with van der Waals surface area (Å²) in [5, 5.41) is 13.8. The summed E-state index contributed by atoms with van der Waals surface area (Å²) in [6.45, 7) is 4.68. The number of phosphoric acid groups is 1. The van der Waals surface area contributed by atoms with Crippen molar-refractivity contribution in [2.24, 2.45) is 0 Å². The Kier molecular flexibility index (Phi) is 30.2. The van der Waals surface area contributed by atoms with Gasteiger partial charge in [-0.3, -0.25) is 9.36 Å². The largest absolute Gasteiger partial charge is 0.756 e.